The Morgan fingerprint density at radius 1 is 1.00 bits per heavy atom. The van der Waals surface area contributed by atoms with Gasteiger partial charge >= 0.3 is 0 Å². The number of carbonyl (C=O) groups is 2. The average Bonchev–Trinajstić information content (AvgIpc) is 2.71. The van der Waals surface area contributed by atoms with Crippen molar-refractivity contribution in [1.82, 2.24) is 5.32 Å². The molecule has 0 fully saturated rings. The molecular formula is C22H30N3O3+. The Morgan fingerprint density at radius 3 is 2.32 bits per heavy atom. The van der Waals surface area contributed by atoms with Gasteiger partial charge in [0.05, 0.1) is 26.2 Å². The van der Waals surface area contributed by atoms with Gasteiger partial charge in [0.25, 0.3) is 11.8 Å². The van der Waals surface area contributed by atoms with Crippen molar-refractivity contribution in [2.45, 2.75) is 20.8 Å². The minimum absolute atomic E-state index is 0.0687. The molecule has 28 heavy (non-hydrogen) atoms. The van der Waals surface area contributed by atoms with Crippen molar-refractivity contribution in [1.29, 1.82) is 0 Å². The standard InChI is InChI=1S/C22H29N3O3/c1-4-25(5-2)15-14-23-22(27)18-10-12-19(13-11-18)24-21(26)16-28-20-9-7-6-8-17(20)3/h6-13H,4-5,14-16H2,1-3H3,(H,23,27)(H,24,26)/p+1. The number of anilines is 1. The van der Waals surface area contributed by atoms with Crippen LogP contribution in [0, 0.1) is 6.92 Å². The van der Waals surface area contributed by atoms with Crippen LogP contribution in [-0.2, 0) is 4.79 Å². The molecule has 0 spiro atoms. The van der Waals surface area contributed by atoms with Crippen LogP contribution in [0.3, 0.4) is 0 Å². The van der Waals surface area contributed by atoms with E-state index in [2.05, 4.69) is 24.5 Å². The minimum Gasteiger partial charge on any atom is -0.483 e. The predicted octanol–water partition coefficient (Wildman–Crippen LogP) is 1.67. The zero-order valence-electron chi connectivity index (χ0n) is 16.9. The summed E-state index contributed by atoms with van der Waals surface area (Å²) in [6.45, 7) is 9.79. The van der Waals surface area contributed by atoms with Gasteiger partial charge in [-0.3, -0.25) is 9.59 Å². The number of ether oxygens (including phenoxy) is 1. The Labute approximate surface area is 166 Å². The van der Waals surface area contributed by atoms with Crippen LogP contribution in [0.5, 0.6) is 5.75 Å². The van der Waals surface area contributed by atoms with Crippen LogP contribution in [-0.4, -0.2) is 44.6 Å². The van der Waals surface area contributed by atoms with Gasteiger partial charge in [-0.05, 0) is 56.7 Å². The van der Waals surface area contributed by atoms with Crippen molar-refractivity contribution >= 4 is 17.5 Å². The normalized spacial score (nSPS) is 10.6. The number of rotatable bonds is 10. The van der Waals surface area contributed by atoms with Crippen molar-refractivity contribution in [2.24, 2.45) is 0 Å². The summed E-state index contributed by atoms with van der Waals surface area (Å²) < 4.78 is 5.54. The first kappa shape index (κ1) is 21.4. The highest BCUT2D eigenvalue weighted by Crippen LogP contribution is 2.16. The maximum Gasteiger partial charge on any atom is 0.262 e. The van der Waals surface area contributed by atoms with Crippen LogP contribution in [0.1, 0.15) is 29.8 Å². The van der Waals surface area contributed by atoms with Crippen molar-refractivity contribution in [3.05, 3.63) is 59.7 Å². The fourth-order valence-corrected chi connectivity index (χ4v) is 2.82. The number of quaternary nitrogens is 1. The molecule has 0 aromatic heterocycles. The Balaban J connectivity index is 1.79. The first-order valence-corrected chi connectivity index (χ1v) is 9.73. The molecule has 3 N–H and O–H groups in total. The van der Waals surface area contributed by atoms with E-state index < -0.39 is 0 Å². The van der Waals surface area contributed by atoms with E-state index in [0.29, 0.717) is 23.5 Å². The maximum absolute atomic E-state index is 12.2. The van der Waals surface area contributed by atoms with E-state index >= 15 is 0 Å². The zero-order chi connectivity index (χ0) is 20.4. The van der Waals surface area contributed by atoms with Gasteiger partial charge in [-0.25, -0.2) is 0 Å². The predicted molar refractivity (Wildman–Crippen MR) is 111 cm³/mol. The number of carbonyl (C=O) groups excluding carboxylic acids is 2. The molecule has 0 aliphatic heterocycles. The number of hydrogen-bond donors (Lipinski definition) is 3. The molecule has 6 nitrogen and oxygen atoms in total. The molecule has 150 valence electrons. The summed E-state index contributed by atoms with van der Waals surface area (Å²) in [5.41, 5.74) is 2.18. The second kappa shape index (κ2) is 11.1. The van der Waals surface area contributed by atoms with Gasteiger partial charge in [0.1, 0.15) is 5.75 Å². The molecule has 0 aliphatic rings. The van der Waals surface area contributed by atoms with Crippen LogP contribution < -0.4 is 20.3 Å². The number of aryl methyl sites for hydroxylation is 1. The van der Waals surface area contributed by atoms with E-state index in [9.17, 15) is 9.59 Å². The summed E-state index contributed by atoms with van der Waals surface area (Å²) in [5, 5.41) is 5.71. The number of para-hydroxylation sites is 1. The molecule has 6 heteroatoms. The average molecular weight is 385 g/mol. The monoisotopic (exact) mass is 384 g/mol. The number of amides is 2. The molecule has 0 saturated carbocycles. The highest BCUT2D eigenvalue weighted by molar-refractivity contribution is 5.96. The van der Waals surface area contributed by atoms with E-state index in [1.165, 1.54) is 4.90 Å². The molecule has 0 heterocycles. The molecule has 0 bridgehead atoms. The number of likely N-dealkylation sites (N-methyl/N-ethyl adjacent to an activating group) is 1. The van der Waals surface area contributed by atoms with E-state index in [0.717, 1.165) is 25.2 Å². The van der Waals surface area contributed by atoms with Crippen molar-refractivity contribution in [3.8, 4) is 5.75 Å². The third-order valence-electron chi connectivity index (χ3n) is 4.65. The minimum atomic E-state index is -0.248. The highest BCUT2D eigenvalue weighted by Gasteiger charge is 2.09. The van der Waals surface area contributed by atoms with E-state index in [-0.39, 0.29) is 18.4 Å². The molecule has 0 aliphatic carbocycles. The van der Waals surface area contributed by atoms with Gasteiger partial charge < -0.3 is 20.3 Å². The van der Waals surface area contributed by atoms with Gasteiger partial charge in [-0.2, -0.15) is 0 Å². The fraction of sp³-hybridized carbons (Fsp3) is 0.364. The number of nitrogens with one attached hydrogen (secondary N) is 3. The Hall–Kier alpha value is -2.86. The van der Waals surface area contributed by atoms with E-state index in [1.807, 2.05) is 31.2 Å². The first-order chi connectivity index (χ1) is 13.5. The van der Waals surface area contributed by atoms with Gasteiger partial charge in [-0.1, -0.05) is 18.2 Å². The molecule has 2 rings (SSSR count). The van der Waals surface area contributed by atoms with Crippen molar-refractivity contribution in [2.75, 3.05) is 38.1 Å². The molecule has 2 amide bonds. The lowest BCUT2D eigenvalue weighted by molar-refractivity contribution is -0.895. The smallest absolute Gasteiger partial charge is 0.262 e. The molecule has 0 atom stereocenters. The van der Waals surface area contributed by atoms with Crippen molar-refractivity contribution in [3.63, 3.8) is 0 Å². The zero-order valence-corrected chi connectivity index (χ0v) is 16.9. The van der Waals surface area contributed by atoms with Crippen LogP contribution in [0.25, 0.3) is 0 Å². The summed E-state index contributed by atoms with van der Waals surface area (Å²) in [4.78, 5) is 25.7. The SMILES string of the molecule is CC[NH+](CC)CCNC(=O)c1ccc(NC(=O)COc2ccccc2C)cc1. The second-order valence-electron chi connectivity index (χ2n) is 6.64. The molecule has 0 saturated heterocycles. The van der Waals surface area contributed by atoms with Gasteiger partial charge in [0.2, 0.25) is 0 Å². The number of hydrogen-bond acceptors (Lipinski definition) is 3. The third kappa shape index (κ3) is 6.70. The lowest BCUT2D eigenvalue weighted by Gasteiger charge is -2.15. The van der Waals surface area contributed by atoms with Crippen LogP contribution in [0.15, 0.2) is 48.5 Å². The second-order valence-corrected chi connectivity index (χ2v) is 6.64. The summed E-state index contributed by atoms with van der Waals surface area (Å²) in [7, 11) is 0. The van der Waals surface area contributed by atoms with E-state index in [4.69, 9.17) is 4.74 Å². The van der Waals surface area contributed by atoms with Gasteiger partial charge in [0, 0.05) is 11.3 Å². The Morgan fingerprint density at radius 2 is 1.68 bits per heavy atom. The molecule has 2 aromatic carbocycles. The first-order valence-electron chi connectivity index (χ1n) is 9.73. The molecule has 0 unspecified atom stereocenters. The van der Waals surface area contributed by atoms with Gasteiger partial charge in [-0.15, -0.1) is 0 Å². The summed E-state index contributed by atoms with van der Waals surface area (Å²) in [5.74, 6) is 0.339. The Kier molecular flexibility index (Phi) is 8.49. The lowest BCUT2D eigenvalue weighted by Crippen LogP contribution is -3.12. The maximum atomic E-state index is 12.2. The van der Waals surface area contributed by atoms with Crippen LogP contribution >= 0.6 is 0 Å². The summed E-state index contributed by atoms with van der Waals surface area (Å²) >= 11 is 0. The molecule has 2 aromatic rings. The van der Waals surface area contributed by atoms with Crippen LogP contribution in [0.2, 0.25) is 0 Å². The quantitative estimate of drug-likeness (QED) is 0.584. The summed E-state index contributed by atoms with van der Waals surface area (Å²) in [6.07, 6.45) is 0. The fourth-order valence-electron chi connectivity index (χ4n) is 2.82. The summed E-state index contributed by atoms with van der Waals surface area (Å²) in [6, 6.07) is 14.4. The highest BCUT2D eigenvalue weighted by atomic mass is 16.5. The Bertz CT molecular complexity index is 771. The topological polar surface area (TPSA) is 71.9 Å². The third-order valence-corrected chi connectivity index (χ3v) is 4.65. The van der Waals surface area contributed by atoms with Crippen LogP contribution in [0.4, 0.5) is 5.69 Å². The lowest BCUT2D eigenvalue weighted by atomic mass is 10.2. The van der Waals surface area contributed by atoms with Crippen molar-refractivity contribution < 1.29 is 19.2 Å². The molecule has 0 radical (unpaired) electrons. The van der Waals surface area contributed by atoms with E-state index in [1.54, 1.807) is 24.3 Å². The molecular weight excluding hydrogens is 354 g/mol. The number of benzene rings is 2. The van der Waals surface area contributed by atoms with Gasteiger partial charge in [0.15, 0.2) is 6.61 Å². The largest absolute Gasteiger partial charge is 0.483 e.